The fraction of sp³-hybridized carbons (Fsp3) is 0.462. The molecule has 0 saturated heterocycles. The lowest BCUT2D eigenvalue weighted by Gasteiger charge is -2.25. The fourth-order valence-electron chi connectivity index (χ4n) is 1.70. The first-order chi connectivity index (χ1) is 8.71. The lowest BCUT2D eigenvalue weighted by Crippen LogP contribution is -2.42. The number of halogens is 3. The lowest BCUT2D eigenvalue weighted by atomic mass is 9.96. The molecule has 1 aromatic rings. The molecule has 106 valence electrons. The van der Waals surface area contributed by atoms with E-state index in [9.17, 15) is 8.78 Å². The molecule has 0 aliphatic heterocycles. The van der Waals surface area contributed by atoms with Crippen LogP contribution in [-0.2, 0) is 0 Å². The molecule has 0 aromatic carbocycles. The Hall–Kier alpha value is -1.01. The van der Waals surface area contributed by atoms with Gasteiger partial charge in [-0.3, -0.25) is 0 Å². The number of aromatic nitrogens is 1. The molecule has 19 heavy (non-hydrogen) atoms. The van der Waals surface area contributed by atoms with Gasteiger partial charge in [0.1, 0.15) is 22.7 Å². The maximum atomic E-state index is 12.8. The predicted octanol–water partition coefficient (Wildman–Crippen LogP) is 3.84. The summed E-state index contributed by atoms with van der Waals surface area (Å²) in [5.41, 5.74) is 5.89. The quantitative estimate of drug-likeness (QED) is 0.635. The van der Waals surface area contributed by atoms with E-state index in [-0.39, 0.29) is 18.1 Å². The van der Waals surface area contributed by atoms with Gasteiger partial charge in [0.25, 0.3) is 6.43 Å². The number of nitrogens with two attached hydrogens (primary N) is 1. The van der Waals surface area contributed by atoms with Crippen molar-refractivity contribution in [1.29, 1.82) is 0 Å². The minimum atomic E-state index is -2.70. The van der Waals surface area contributed by atoms with Gasteiger partial charge >= 0.3 is 0 Å². The van der Waals surface area contributed by atoms with Gasteiger partial charge in [-0.05, 0) is 48.3 Å². The molecule has 1 aromatic heterocycles. The van der Waals surface area contributed by atoms with Crippen molar-refractivity contribution >= 4 is 15.9 Å². The Morgan fingerprint density at radius 3 is 2.74 bits per heavy atom. The van der Waals surface area contributed by atoms with Gasteiger partial charge < -0.3 is 10.5 Å². The van der Waals surface area contributed by atoms with Crippen molar-refractivity contribution in [3.05, 3.63) is 34.6 Å². The van der Waals surface area contributed by atoms with Crippen LogP contribution in [0.3, 0.4) is 0 Å². The highest BCUT2D eigenvalue weighted by molar-refractivity contribution is 9.10. The van der Waals surface area contributed by atoms with Crippen LogP contribution in [0, 0.1) is 0 Å². The molecule has 0 radical (unpaired) electrons. The Labute approximate surface area is 120 Å². The predicted molar refractivity (Wildman–Crippen MR) is 74.4 cm³/mol. The summed E-state index contributed by atoms with van der Waals surface area (Å²) < 4.78 is 31.4. The lowest BCUT2D eigenvalue weighted by molar-refractivity contribution is 0.135. The van der Waals surface area contributed by atoms with Crippen molar-refractivity contribution in [2.75, 3.05) is 6.61 Å². The summed E-state index contributed by atoms with van der Waals surface area (Å²) in [6.07, 6.45) is -2.14. The average Bonchev–Trinajstić information content (AvgIpc) is 2.25. The maximum Gasteiger partial charge on any atom is 0.284 e. The van der Waals surface area contributed by atoms with Gasteiger partial charge in [0, 0.05) is 0 Å². The molecule has 2 N–H and O–H groups in total. The van der Waals surface area contributed by atoms with Crippen LogP contribution in [0.15, 0.2) is 28.9 Å². The van der Waals surface area contributed by atoms with Crippen molar-refractivity contribution in [1.82, 2.24) is 4.98 Å². The van der Waals surface area contributed by atoms with Gasteiger partial charge in [0.2, 0.25) is 0 Å². The Balaban J connectivity index is 2.80. The standard InChI is InChI=1S/C13H17BrF2N2O/c1-8(2)6-13(3,17)7-19-9-4-5-10(14)18-11(9)12(15)16/h4-5,12H,1,6-7,17H2,2-3H3/t13-/m0/s1. The van der Waals surface area contributed by atoms with Crippen LogP contribution in [0.1, 0.15) is 32.4 Å². The van der Waals surface area contributed by atoms with Gasteiger partial charge in [0.05, 0.1) is 5.54 Å². The third-order valence-corrected chi connectivity index (χ3v) is 2.76. The van der Waals surface area contributed by atoms with Crippen LogP contribution in [0.25, 0.3) is 0 Å². The van der Waals surface area contributed by atoms with Gasteiger partial charge in [-0.15, -0.1) is 6.58 Å². The van der Waals surface area contributed by atoms with E-state index in [1.807, 2.05) is 6.92 Å². The number of hydrogen-bond acceptors (Lipinski definition) is 3. The van der Waals surface area contributed by atoms with E-state index >= 15 is 0 Å². The van der Waals surface area contributed by atoms with E-state index in [1.165, 1.54) is 6.07 Å². The number of ether oxygens (including phenoxy) is 1. The third-order valence-electron chi connectivity index (χ3n) is 2.32. The van der Waals surface area contributed by atoms with Crippen LogP contribution in [0.2, 0.25) is 0 Å². The Bertz CT molecular complexity index is 464. The Morgan fingerprint density at radius 2 is 2.21 bits per heavy atom. The highest BCUT2D eigenvalue weighted by atomic mass is 79.9. The van der Waals surface area contributed by atoms with Crippen LogP contribution in [0.4, 0.5) is 8.78 Å². The number of rotatable bonds is 6. The minimum absolute atomic E-state index is 0.0524. The van der Waals surface area contributed by atoms with Gasteiger partial charge in [0.15, 0.2) is 0 Å². The first-order valence-electron chi connectivity index (χ1n) is 5.72. The smallest absolute Gasteiger partial charge is 0.284 e. The van der Waals surface area contributed by atoms with Crippen molar-refractivity contribution in [3.8, 4) is 5.75 Å². The summed E-state index contributed by atoms with van der Waals surface area (Å²) in [6, 6.07) is 3.00. The largest absolute Gasteiger partial charge is 0.490 e. The van der Waals surface area contributed by atoms with Crippen LogP contribution >= 0.6 is 15.9 Å². The molecule has 0 aliphatic carbocycles. The topological polar surface area (TPSA) is 48.1 Å². The second-order valence-electron chi connectivity index (χ2n) is 4.89. The number of alkyl halides is 2. The first kappa shape index (κ1) is 16.0. The van der Waals surface area contributed by atoms with E-state index in [0.717, 1.165) is 5.57 Å². The zero-order valence-electron chi connectivity index (χ0n) is 10.9. The third kappa shape index (κ3) is 5.24. The van der Waals surface area contributed by atoms with E-state index in [4.69, 9.17) is 10.5 Å². The van der Waals surface area contributed by atoms with E-state index in [2.05, 4.69) is 27.5 Å². The Morgan fingerprint density at radius 1 is 1.58 bits per heavy atom. The molecule has 0 bridgehead atoms. The number of nitrogens with zero attached hydrogens (tertiary/aromatic N) is 1. The molecular formula is C13H17BrF2N2O. The molecule has 1 atom stereocenters. The number of hydrogen-bond donors (Lipinski definition) is 1. The van der Waals surface area contributed by atoms with Crippen LogP contribution < -0.4 is 10.5 Å². The summed E-state index contributed by atoms with van der Waals surface area (Å²) in [6.45, 7) is 7.54. The second kappa shape index (κ2) is 6.43. The zero-order chi connectivity index (χ0) is 14.6. The minimum Gasteiger partial charge on any atom is -0.490 e. The summed E-state index contributed by atoms with van der Waals surface area (Å²) in [4.78, 5) is 3.72. The average molecular weight is 335 g/mol. The molecule has 0 unspecified atom stereocenters. The maximum absolute atomic E-state index is 12.8. The SMILES string of the molecule is C=C(C)C[C@](C)(N)COc1ccc(Br)nc1C(F)F. The molecule has 1 rings (SSSR count). The molecule has 3 nitrogen and oxygen atoms in total. The van der Waals surface area contributed by atoms with Gasteiger partial charge in [-0.25, -0.2) is 13.8 Å². The molecule has 0 aliphatic rings. The molecule has 6 heteroatoms. The summed E-state index contributed by atoms with van der Waals surface area (Å²) in [7, 11) is 0. The van der Waals surface area contributed by atoms with Crippen LogP contribution in [0.5, 0.6) is 5.75 Å². The van der Waals surface area contributed by atoms with Crippen molar-refractivity contribution in [3.63, 3.8) is 0 Å². The van der Waals surface area contributed by atoms with E-state index < -0.39 is 12.0 Å². The van der Waals surface area contributed by atoms with Crippen LogP contribution in [-0.4, -0.2) is 17.1 Å². The summed E-state index contributed by atoms with van der Waals surface area (Å²) in [5.74, 6) is 0.0524. The molecule has 0 amide bonds. The molecule has 1 heterocycles. The summed E-state index contributed by atoms with van der Waals surface area (Å²) in [5, 5.41) is 0. The van der Waals surface area contributed by atoms with E-state index in [0.29, 0.717) is 11.0 Å². The second-order valence-corrected chi connectivity index (χ2v) is 5.71. The molecular weight excluding hydrogens is 318 g/mol. The monoisotopic (exact) mass is 334 g/mol. The highest BCUT2D eigenvalue weighted by Gasteiger charge is 2.22. The first-order valence-corrected chi connectivity index (χ1v) is 6.51. The highest BCUT2D eigenvalue weighted by Crippen LogP contribution is 2.29. The van der Waals surface area contributed by atoms with Crippen molar-refractivity contribution in [2.24, 2.45) is 5.73 Å². The number of pyridine rings is 1. The fourth-order valence-corrected chi connectivity index (χ4v) is 2.02. The molecule has 0 fully saturated rings. The van der Waals surface area contributed by atoms with Gasteiger partial charge in [-0.1, -0.05) is 5.57 Å². The molecule has 0 spiro atoms. The zero-order valence-corrected chi connectivity index (χ0v) is 12.5. The van der Waals surface area contributed by atoms with E-state index in [1.54, 1.807) is 13.0 Å². The van der Waals surface area contributed by atoms with Gasteiger partial charge in [-0.2, -0.15) is 0 Å². The summed E-state index contributed by atoms with van der Waals surface area (Å²) >= 11 is 3.05. The normalized spacial score (nSPS) is 14.3. The van der Waals surface area contributed by atoms with Crippen molar-refractivity contribution in [2.45, 2.75) is 32.2 Å². The molecule has 0 saturated carbocycles. The Kier molecular flexibility index (Phi) is 5.43. The van der Waals surface area contributed by atoms with Crippen molar-refractivity contribution < 1.29 is 13.5 Å².